The van der Waals surface area contributed by atoms with Gasteiger partial charge in [0.25, 0.3) is 5.91 Å². The van der Waals surface area contributed by atoms with Gasteiger partial charge in [0, 0.05) is 17.9 Å². The molecule has 6 nitrogen and oxygen atoms in total. The molecule has 1 heterocycles. The number of hydrogen-bond donors (Lipinski definition) is 2. The first kappa shape index (κ1) is 18.7. The minimum atomic E-state index is -0.268. The zero-order chi connectivity index (χ0) is 18.4. The van der Waals surface area contributed by atoms with Gasteiger partial charge in [-0.15, -0.1) is 0 Å². The Hall–Kier alpha value is -2.63. The van der Waals surface area contributed by atoms with E-state index in [9.17, 15) is 4.79 Å². The van der Waals surface area contributed by atoms with Gasteiger partial charge < -0.3 is 15.4 Å². The molecule has 6 heteroatoms. The molecular formula is C19H26N4O2. The summed E-state index contributed by atoms with van der Waals surface area (Å²) in [5.74, 6) is 1.44. The van der Waals surface area contributed by atoms with E-state index in [0.29, 0.717) is 23.2 Å². The predicted octanol–water partition coefficient (Wildman–Crippen LogP) is 3.89. The molecule has 0 aliphatic carbocycles. The first-order valence-corrected chi connectivity index (χ1v) is 8.51. The zero-order valence-corrected chi connectivity index (χ0v) is 15.5. The van der Waals surface area contributed by atoms with Crippen molar-refractivity contribution < 1.29 is 9.53 Å². The molecule has 2 N–H and O–H groups in total. The summed E-state index contributed by atoms with van der Waals surface area (Å²) in [5.41, 5.74) is 1.77. The maximum absolute atomic E-state index is 12.5. The number of amides is 1. The minimum absolute atomic E-state index is 0.112. The molecule has 0 aliphatic heterocycles. The number of anilines is 2. The Morgan fingerprint density at radius 1 is 1.12 bits per heavy atom. The van der Waals surface area contributed by atoms with Crippen LogP contribution in [0.5, 0.6) is 5.75 Å². The second-order valence-electron chi connectivity index (χ2n) is 6.64. The molecule has 0 unspecified atom stereocenters. The Kier molecular flexibility index (Phi) is 6.33. The normalized spacial score (nSPS) is 10.8. The lowest BCUT2D eigenvalue weighted by Gasteiger charge is -2.11. The van der Waals surface area contributed by atoms with Gasteiger partial charge in [0.15, 0.2) is 0 Å². The molecule has 0 atom stereocenters. The van der Waals surface area contributed by atoms with Crippen LogP contribution in [-0.2, 0) is 0 Å². The predicted molar refractivity (Wildman–Crippen MR) is 100 cm³/mol. The highest BCUT2D eigenvalue weighted by molar-refractivity contribution is 6.03. The fraction of sp³-hybridized carbons (Fsp3) is 0.421. The number of hydrogen-bond acceptors (Lipinski definition) is 5. The van der Waals surface area contributed by atoms with Crippen LogP contribution in [0, 0.1) is 12.8 Å². The molecular weight excluding hydrogens is 316 g/mol. The molecule has 2 rings (SSSR count). The lowest BCUT2D eigenvalue weighted by Crippen LogP contribution is -2.17. The highest BCUT2D eigenvalue weighted by Gasteiger charge is 2.11. The molecule has 0 radical (unpaired) electrons. The Labute approximate surface area is 149 Å². The van der Waals surface area contributed by atoms with Crippen LogP contribution in [-0.4, -0.2) is 28.5 Å². The standard InChI is InChI=1S/C19H26N4O2/c1-12(2)11-20-19-21-14(5)10-17(23-19)18(24)22-15-6-8-16(9-7-15)25-13(3)4/h6-10,12-13H,11H2,1-5H3,(H,22,24)(H,20,21,23). The van der Waals surface area contributed by atoms with E-state index in [4.69, 9.17) is 4.74 Å². The van der Waals surface area contributed by atoms with Gasteiger partial charge in [-0.05, 0) is 57.0 Å². The van der Waals surface area contributed by atoms with Crippen molar-refractivity contribution in [2.75, 3.05) is 17.2 Å². The maximum atomic E-state index is 12.5. The van der Waals surface area contributed by atoms with Gasteiger partial charge >= 0.3 is 0 Å². The van der Waals surface area contributed by atoms with E-state index in [-0.39, 0.29) is 12.0 Å². The number of rotatable bonds is 7. The summed E-state index contributed by atoms with van der Waals surface area (Å²) in [7, 11) is 0. The van der Waals surface area contributed by atoms with Gasteiger partial charge in [-0.3, -0.25) is 4.79 Å². The van der Waals surface area contributed by atoms with Crippen molar-refractivity contribution in [3.05, 3.63) is 41.7 Å². The molecule has 0 spiro atoms. The van der Waals surface area contributed by atoms with Gasteiger partial charge in [0.05, 0.1) is 6.10 Å². The number of aryl methyl sites for hydroxylation is 1. The van der Waals surface area contributed by atoms with Crippen LogP contribution < -0.4 is 15.4 Å². The Morgan fingerprint density at radius 2 is 1.80 bits per heavy atom. The number of benzene rings is 1. The van der Waals surface area contributed by atoms with E-state index in [0.717, 1.165) is 18.0 Å². The van der Waals surface area contributed by atoms with E-state index in [1.54, 1.807) is 6.07 Å². The van der Waals surface area contributed by atoms with Crippen LogP contribution in [0.1, 0.15) is 43.9 Å². The summed E-state index contributed by atoms with van der Waals surface area (Å²) in [5, 5.41) is 6.00. The Bertz CT molecular complexity index is 712. The van der Waals surface area contributed by atoms with Crippen LogP contribution in [0.15, 0.2) is 30.3 Å². The van der Waals surface area contributed by atoms with E-state index >= 15 is 0 Å². The number of carbonyl (C=O) groups excluding carboxylic acids is 1. The fourth-order valence-electron chi connectivity index (χ4n) is 2.14. The summed E-state index contributed by atoms with van der Waals surface area (Å²) >= 11 is 0. The largest absolute Gasteiger partial charge is 0.491 e. The number of ether oxygens (including phenoxy) is 1. The average molecular weight is 342 g/mol. The molecule has 0 saturated carbocycles. The molecule has 2 aromatic rings. The molecule has 25 heavy (non-hydrogen) atoms. The average Bonchev–Trinajstić information content (AvgIpc) is 2.53. The number of nitrogens with zero attached hydrogens (tertiary/aromatic N) is 2. The van der Waals surface area contributed by atoms with Crippen molar-refractivity contribution >= 4 is 17.5 Å². The van der Waals surface area contributed by atoms with Gasteiger partial charge in [0.1, 0.15) is 11.4 Å². The number of nitrogens with one attached hydrogen (secondary N) is 2. The second-order valence-corrected chi connectivity index (χ2v) is 6.64. The molecule has 0 bridgehead atoms. The summed E-state index contributed by atoms with van der Waals surface area (Å²) in [6.07, 6.45) is 0.112. The van der Waals surface area contributed by atoms with Crippen LogP contribution in [0.3, 0.4) is 0 Å². The number of carbonyl (C=O) groups is 1. The van der Waals surface area contributed by atoms with Crippen LogP contribution in [0.2, 0.25) is 0 Å². The summed E-state index contributed by atoms with van der Waals surface area (Å²) < 4.78 is 5.59. The summed E-state index contributed by atoms with van der Waals surface area (Å²) in [6.45, 7) is 10.7. The highest BCUT2D eigenvalue weighted by Crippen LogP contribution is 2.17. The smallest absolute Gasteiger partial charge is 0.274 e. The highest BCUT2D eigenvalue weighted by atomic mass is 16.5. The van der Waals surface area contributed by atoms with Gasteiger partial charge in [-0.1, -0.05) is 13.8 Å². The minimum Gasteiger partial charge on any atom is -0.491 e. The first-order chi connectivity index (χ1) is 11.8. The van der Waals surface area contributed by atoms with E-state index in [1.165, 1.54) is 0 Å². The van der Waals surface area contributed by atoms with Crippen molar-refractivity contribution in [1.29, 1.82) is 0 Å². The third-order valence-electron chi connectivity index (χ3n) is 3.24. The lowest BCUT2D eigenvalue weighted by molar-refractivity contribution is 0.102. The maximum Gasteiger partial charge on any atom is 0.274 e. The molecule has 0 saturated heterocycles. The molecule has 1 amide bonds. The molecule has 0 aliphatic rings. The molecule has 134 valence electrons. The van der Waals surface area contributed by atoms with Crippen LogP contribution >= 0.6 is 0 Å². The SMILES string of the molecule is Cc1cc(C(=O)Nc2ccc(OC(C)C)cc2)nc(NCC(C)C)n1. The van der Waals surface area contributed by atoms with Gasteiger partial charge in [-0.25, -0.2) is 9.97 Å². The van der Waals surface area contributed by atoms with E-state index in [2.05, 4.69) is 34.4 Å². The van der Waals surface area contributed by atoms with Gasteiger partial charge in [-0.2, -0.15) is 0 Å². The van der Waals surface area contributed by atoms with Crippen molar-refractivity contribution in [1.82, 2.24) is 9.97 Å². The fourth-order valence-corrected chi connectivity index (χ4v) is 2.14. The monoisotopic (exact) mass is 342 g/mol. The van der Waals surface area contributed by atoms with E-state index < -0.39 is 0 Å². The Balaban J connectivity index is 2.07. The molecule has 1 aromatic carbocycles. The van der Waals surface area contributed by atoms with Crippen molar-refractivity contribution in [3.63, 3.8) is 0 Å². The van der Waals surface area contributed by atoms with Gasteiger partial charge in [0.2, 0.25) is 5.95 Å². The lowest BCUT2D eigenvalue weighted by atomic mass is 10.2. The third-order valence-corrected chi connectivity index (χ3v) is 3.24. The molecule has 1 aromatic heterocycles. The third kappa shape index (κ3) is 6.06. The number of aromatic nitrogens is 2. The van der Waals surface area contributed by atoms with Crippen LogP contribution in [0.25, 0.3) is 0 Å². The second kappa shape index (κ2) is 8.46. The zero-order valence-electron chi connectivity index (χ0n) is 15.5. The Morgan fingerprint density at radius 3 is 2.40 bits per heavy atom. The summed E-state index contributed by atoms with van der Waals surface area (Å²) in [6, 6.07) is 8.95. The summed E-state index contributed by atoms with van der Waals surface area (Å²) in [4.78, 5) is 21.1. The van der Waals surface area contributed by atoms with Crippen LogP contribution in [0.4, 0.5) is 11.6 Å². The molecule has 0 fully saturated rings. The van der Waals surface area contributed by atoms with E-state index in [1.807, 2.05) is 45.0 Å². The first-order valence-electron chi connectivity index (χ1n) is 8.51. The van der Waals surface area contributed by atoms with Crippen molar-refractivity contribution in [3.8, 4) is 5.75 Å². The van der Waals surface area contributed by atoms with Crippen molar-refractivity contribution in [2.45, 2.75) is 40.7 Å². The van der Waals surface area contributed by atoms with Crippen molar-refractivity contribution in [2.24, 2.45) is 5.92 Å². The topological polar surface area (TPSA) is 76.1 Å². The quantitative estimate of drug-likeness (QED) is 0.798.